The van der Waals surface area contributed by atoms with Gasteiger partial charge in [0.05, 0.1) is 37.7 Å². The molecule has 0 spiro atoms. The highest BCUT2D eigenvalue weighted by Gasteiger charge is 2.21. The number of pyridine rings is 1. The zero-order valence-electron chi connectivity index (χ0n) is 20.4. The van der Waals surface area contributed by atoms with Crippen molar-refractivity contribution in [3.63, 3.8) is 0 Å². The first-order valence-electron chi connectivity index (χ1n) is 12.3. The largest absolute Gasteiger partial charge is 0.633 e. The smallest absolute Gasteiger partial charge is 0.256 e. The normalized spacial score (nSPS) is 17.8. The Kier molecular flexibility index (Phi) is 6.97. The molecule has 5 rings (SSSR count). The van der Waals surface area contributed by atoms with Gasteiger partial charge in [-0.15, -0.1) is 0 Å². The van der Waals surface area contributed by atoms with Crippen molar-refractivity contribution in [3.8, 4) is 5.69 Å². The molecule has 11 nitrogen and oxygen atoms in total. The molecule has 2 saturated heterocycles. The minimum atomic E-state index is -0.347. The summed E-state index contributed by atoms with van der Waals surface area (Å²) in [6, 6.07) is 10.1. The van der Waals surface area contributed by atoms with Crippen LogP contribution in [0.3, 0.4) is 0 Å². The average molecular weight is 494 g/mol. The summed E-state index contributed by atoms with van der Waals surface area (Å²) < 4.78 is 6.46. The molecular formula is C25H31N7O4. The van der Waals surface area contributed by atoms with Crippen LogP contribution in [0.15, 0.2) is 41.2 Å². The number of piperazine rings is 1. The van der Waals surface area contributed by atoms with Crippen LogP contribution in [0.5, 0.6) is 0 Å². The van der Waals surface area contributed by atoms with Crippen LogP contribution in [0, 0.1) is 12.1 Å². The molecule has 2 aliphatic rings. The van der Waals surface area contributed by atoms with Crippen molar-refractivity contribution in [2.45, 2.75) is 6.92 Å². The minimum absolute atomic E-state index is 0.209. The van der Waals surface area contributed by atoms with Crippen LogP contribution in [-0.4, -0.2) is 90.7 Å². The number of aromatic nitrogens is 3. The van der Waals surface area contributed by atoms with Crippen LogP contribution in [0.2, 0.25) is 0 Å². The number of rotatable bonds is 6. The van der Waals surface area contributed by atoms with E-state index in [9.17, 15) is 14.8 Å². The Morgan fingerprint density at radius 2 is 1.83 bits per heavy atom. The monoisotopic (exact) mass is 493 g/mol. The number of carbonyl (C=O) groups excluding carboxylic acids is 1. The van der Waals surface area contributed by atoms with E-state index in [1.165, 1.54) is 6.07 Å². The maximum Gasteiger partial charge on any atom is 0.256 e. The summed E-state index contributed by atoms with van der Waals surface area (Å²) in [7, 11) is 0. The number of hydrogen-bond acceptors (Lipinski definition) is 8. The first kappa shape index (κ1) is 24.3. The van der Waals surface area contributed by atoms with Crippen LogP contribution in [0.4, 0.5) is 5.95 Å². The molecule has 1 aromatic carbocycles. The topological polar surface area (TPSA) is 124 Å². The number of morpholine rings is 1. The number of hydrogen-bond donors (Lipinski definition) is 2. The highest BCUT2D eigenvalue weighted by Crippen LogP contribution is 2.21. The molecule has 2 aliphatic heterocycles. The number of aryl methyl sites for hydroxylation is 1. The number of hydroxylamine groups is 3. The number of quaternary nitrogens is 1. The van der Waals surface area contributed by atoms with E-state index in [-0.39, 0.29) is 22.7 Å². The van der Waals surface area contributed by atoms with Crippen LogP contribution >= 0.6 is 0 Å². The van der Waals surface area contributed by atoms with Crippen LogP contribution < -0.4 is 21.1 Å². The predicted molar refractivity (Wildman–Crippen MR) is 136 cm³/mol. The molecule has 1 amide bonds. The van der Waals surface area contributed by atoms with E-state index in [4.69, 9.17) is 9.72 Å². The van der Waals surface area contributed by atoms with E-state index in [0.717, 1.165) is 37.3 Å². The highest BCUT2D eigenvalue weighted by molar-refractivity contribution is 5.94. The standard InChI is InChI=1S/C25H31N7O4/c1-18-21-6-7-22(33)31(23(21)29-25(28-18)30-11-8-26-9-12-30)20-4-2-19(3-5-20)24(34)27-10-13-32(35)14-16-36-17-15-32/h2-7,26H,8-17H2,1H3,(H,27,34). The maximum atomic E-state index is 12.9. The Hall–Kier alpha value is -3.38. The molecule has 2 aromatic heterocycles. The van der Waals surface area contributed by atoms with Crippen molar-refractivity contribution in [2.75, 3.05) is 70.5 Å². The fraction of sp³-hybridized carbons (Fsp3) is 0.440. The Labute approximate surface area is 208 Å². The van der Waals surface area contributed by atoms with Crippen molar-refractivity contribution in [1.82, 2.24) is 25.2 Å². The fourth-order valence-corrected chi connectivity index (χ4v) is 4.64. The summed E-state index contributed by atoms with van der Waals surface area (Å²) in [6.45, 7) is 7.55. The third kappa shape index (κ3) is 5.09. The van der Waals surface area contributed by atoms with E-state index >= 15 is 0 Å². The molecule has 0 saturated carbocycles. The van der Waals surface area contributed by atoms with Crippen LogP contribution in [0.25, 0.3) is 16.7 Å². The zero-order valence-corrected chi connectivity index (χ0v) is 20.4. The summed E-state index contributed by atoms with van der Waals surface area (Å²) in [5.41, 5.74) is 2.20. The van der Waals surface area contributed by atoms with Gasteiger partial charge < -0.3 is 30.1 Å². The lowest BCUT2D eigenvalue weighted by atomic mass is 10.1. The molecule has 2 fully saturated rings. The summed E-state index contributed by atoms with van der Waals surface area (Å²) >= 11 is 0. The van der Waals surface area contributed by atoms with Gasteiger partial charge in [0.15, 0.2) is 5.65 Å². The van der Waals surface area contributed by atoms with Gasteiger partial charge in [-0.2, -0.15) is 4.98 Å². The third-order valence-electron chi connectivity index (χ3n) is 6.81. The summed E-state index contributed by atoms with van der Waals surface area (Å²) in [6.07, 6.45) is 0. The van der Waals surface area contributed by atoms with Gasteiger partial charge in [0.25, 0.3) is 11.5 Å². The quantitative estimate of drug-likeness (QED) is 0.377. The molecule has 0 bridgehead atoms. The number of fused-ring (bicyclic) bond motifs is 1. The number of nitrogens with zero attached hydrogens (tertiary/aromatic N) is 5. The molecular weight excluding hydrogens is 462 g/mol. The van der Waals surface area contributed by atoms with Gasteiger partial charge in [-0.05, 0) is 37.3 Å². The Bertz CT molecular complexity index is 1300. The number of nitrogens with one attached hydrogen (secondary N) is 2. The van der Waals surface area contributed by atoms with Gasteiger partial charge >= 0.3 is 0 Å². The van der Waals surface area contributed by atoms with Gasteiger partial charge in [0.1, 0.15) is 13.1 Å². The van der Waals surface area contributed by atoms with Gasteiger partial charge in [0, 0.05) is 43.2 Å². The second-order valence-corrected chi connectivity index (χ2v) is 9.23. The van der Waals surface area contributed by atoms with Crippen molar-refractivity contribution in [3.05, 3.63) is 63.2 Å². The third-order valence-corrected chi connectivity index (χ3v) is 6.81. The molecule has 3 aromatic rings. The van der Waals surface area contributed by atoms with E-state index in [0.29, 0.717) is 55.7 Å². The van der Waals surface area contributed by atoms with Gasteiger partial charge in [-0.3, -0.25) is 14.2 Å². The summed E-state index contributed by atoms with van der Waals surface area (Å²) in [4.78, 5) is 37.1. The van der Waals surface area contributed by atoms with Crippen LogP contribution in [0.1, 0.15) is 16.1 Å². The first-order valence-corrected chi connectivity index (χ1v) is 12.3. The lowest BCUT2D eigenvalue weighted by Crippen LogP contribution is -2.53. The molecule has 0 unspecified atom stereocenters. The molecule has 190 valence electrons. The van der Waals surface area contributed by atoms with Crippen LogP contribution in [-0.2, 0) is 4.74 Å². The van der Waals surface area contributed by atoms with Gasteiger partial charge in [-0.1, -0.05) is 0 Å². The highest BCUT2D eigenvalue weighted by atomic mass is 16.6. The Morgan fingerprint density at radius 3 is 2.56 bits per heavy atom. The molecule has 11 heteroatoms. The lowest BCUT2D eigenvalue weighted by molar-refractivity contribution is -0.887. The maximum absolute atomic E-state index is 12.9. The summed E-state index contributed by atoms with van der Waals surface area (Å²) in [5, 5.41) is 19.5. The van der Waals surface area contributed by atoms with Gasteiger partial charge in [0.2, 0.25) is 5.95 Å². The number of ether oxygens (including phenoxy) is 1. The Balaban J connectivity index is 1.37. The summed E-state index contributed by atoms with van der Waals surface area (Å²) in [5.74, 6) is 0.349. The SMILES string of the molecule is Cc1nc(N2CCNCC2)nc2c1ccc(=O)n2-c1ccc(C(=O)NCC[N+]2([O-])CCOCC2)cc1. The molecule has 0 atom stereocenters. The number of carbonyl (C=O) groups is 1. The second kappa shape index (κ2) is 10.3. The molecule has 36 heavy (non-hydrogen) atoms. The Morgan fingerprint density at radius 1 is 1.11 bits per heavy atom. The predicted octanol–water partition coefficient (Wildman–Crippen LogP) is 0.573. The first-order chi connectivity index (χ1) is 17.4. The van der Waals surface area contributed by atoms with E-state index in [1.807, 2.05) is 6.92 Å². The lowest BCUT2D eigenvalue weighted by Gasteiger charge is -2.45. The molecule has 0 radical (unpaired) electrons. The fourth-order valence-electron chi connectivity index (χ4n) is 4.64. The van der Waals surface area contributed by atoms with Crippen molar-refractivity contribution >= 4 is 22.9 Å². The number of benzene rings is 1. The van der Waals surface area contributed by atoms with E-state index in [1.54, 1.807) is 34.9 Å². The van der Waals surface area contributed by atoms with E-state index in [2.05, 4.69) is 20.5 Å². The zero-order chi connectivity index (χ0) is 25.1. The van der Waals surface area contributed by atoms with Crippen molar-refractivity contribution in [1.29, 1.82) is 0 Å². The average Bonchev–Trinajstić information content (AvgIpc) is 2.89. The number of amides is 1. The molecule has 4 heterocycles. The molecule has 2 N–H and O–H groups in total. The number of anilines is 1. The van der Waals surface area contributed by atoms with E-state index < -0.39 is 0 Å². The van der Waals surface area contributed by atoms with Crippen molar-refractivity contribution < 1.29 is 14.2 Å². The second-order valence-electron chi connectivity index (χ2n) is 9.23. The molecule has 0 aliphatic carbocycles. The van der Waals surface area contributed by atoms with Crippen molar-refractivity contribution in [2.24, 2.45) is 0 Å². The van der Waals surface area contributed by atoms with Gasteiger partial charge in [-0.25, -0.2) is 4.98 Å². The minimum Gasteiger partial charge on any atom is -0.633 e.